The van der Waals surface area contributed by atoms with Gasteiger partial charge in [-0.1, -0.05) is 234 Å². The predicted molar refractivity (Wildman–Crippen MR) is 278 cm³/mol. The van der Waals surface area contributed by atoms with Crippen LogP contribution in [0.1, 0.15) is 83.3 Å². The van der Waals surface area contributed by atoms with Crippen molar-refractivity contribution >= 4 is 27.9 Å². The zero-order chi connectivity index (χ0) is 44.3. The van der Waals surface area contributed by atoms with Gasteiger partial charge in [0.2, 0.25) is 0 Å². The highest BCUT2D eigenvalue weighted by Crippen LogP contribution is 2.66. The van der Waals surface area contributed by atoms with Crippen LogP contribution >= 0.6 is 0 Å². The molecule has 0 amide bonds. The van der Waals surface area contributed by atoms with E-state index in [0.717, 1.165) is 0 Å². The van der Waals surface area contributed by atoms with Gasteiger partial charge in [-0.05, 0) is 146 Å². The van der Waals surface area contributed by atoms with Crippen LogP contribution in [0, 0.1) is 0 Å². The summed E-state index contributed by atoms with van der Waals surface area (Å²) in [6, 6.07) is 82.0. The molecule has 0 aromatic heterocycles. The first-order chi connectivity index (χ1) is 32.3. The molecule has 0 heterocycles. The first-order valence-corrected chi connectivity index (χ1v) is 23.4. The molecule has 66 heavy (non-hydrogen) atoms. The quantitative estimate of drug-likeness (QED) is 0.156. The van der Waals surface area contributed by atoms with Gasteiger partial charge < -0.3 is 0 Å². The Morgan fingerprint density at radius 2 is 0.530 bits per heavy atom. The maximum atomic E-state index is 2.53. The molecule has 312 valence electrons. The molecule has 0 fully saturated rings. The Bertz CT molecular complexity index is 3580. The average Bonchev–Trinajstić information content (AvgIpc) is 4.03. The highest BCUT2D eigenvalue weighted by Gasteiger charge is 2.47. The van der Waals surface area contributed by atoms with Crippen molar-refractivity contribution in [3.63, 3.8) is 0 Å². The second-order valence-corrected chi connectivity index (χ2v) is 19.5. The van der Waals surface area contributed by atoms with Crippen LogP contribution < -0.4 is 0 Å². The molecule has 0 unspecified atom stereocenters. The summed E-state index contributed by atoms with van der Waals surface area (Å²) in [6.45, 7) is 9.76. The van der Waals surface area contributed by atoms with E-state index < -0.39 is 0 Å². The van der Waals surface area contributed by atoms with Crippen LogP contribution in [0.25, 0.3) is 72.4 Å². The van der Waals surface area contributed by atoms with Gasteiger partial charge in [-0.25, -0.2) is 0 Å². The van der Waals surface area contributed by atoms with Gasteiger partial charge in [0.25, 0.3) is 0 Å². The van der Waals surface area contributed by atoms with E-state index in [0.29, 0.717) is 0 Å². The van der Waals surface area contributed by atoms with Gasteiger partial charge in [-0.2, -0.15) is 0 Å². The Labute approximate surface area is 388 Å². The number of fused-ring (bicyclic) bond motifs is 9. The Balaban J connectivity index is 1.24. The smallest absolute Gasteiger partial charge is 0.0165 e. The number of rotatable bonds is 6. The Hall–Kier alpha value is -7.80. The minimum absolute atomic E-state index is 0.238. The van der Waals surface area contributed by atoms with E-state index in [1.807, 2.05) is 0 Å². The van der Waals surface area contributed by atoms with E-state index in [2.05, 4.69) is 246 Å². The molecule has 9 aromatic carbocycles. The molecule has 0 spiro atoms. The number of benzene rings is 9. The Kier molecular flexibility index (Phi) is 8.40. The molecule has 0 saturated heterocycles. The van der Waals surface area contributed by atoms with Gasteiger partial charge >= 0.3 is 0 Å². The van der Waals surface area contributed by atoms with Gasteiger partial charge in [0, 0.05) is 10.8 Å². The molecular formula is C66H48. The summed E-state index contributed by atoms with van der Waals surface area (Å²) in [5.41, 5.74) is 30.8. The molecule has 0 radical (unpaired) electrons. The zero-order valence-corrected chi connectivity index (χ0v) is 37.8. The van der Waals surface area contributed by atoms with E-state index in [-0.39, 0.29) is 10.8 Å². The third-order valence-electron chi connectivity index (χ3n) is 15.2. The van der Waals surface area contributed by atoms with Crippen molar-refractivity contribution in [1.82, 2.24) is 0 Å². The van der Waals surface area contributed by atoms with E-state index in [1.54, 1.807) is 0 Å². The van der Waals surface area contributed by atoms with Gasteiger partial charge in [-0.15, -0.1) is 0 Å². The summed E-state index contributed by atoms with van der Waals surface area (Å²) < 4.78 is 0. The van der Waals surface area contributed by atoms with Crippen LogP contribution in [-0.4, -0.2) is 0 Å². The minimum atomic E-state index is -0.246. The first kappa shape index (κ1) is 38.6. The summed E-state index contributed by atoms with van der Waals surface area (Å²) in [5.74, 6) is 0. The Morgan fingerprint density at radius 1 is 0.212 bits per heavy atom. The zero-order valence-electron chi connectivity index (χ0n) is 37.8. The van der Waals surface area contributed by atoms with Crippen molar-refractivity contribution in [3.8, 4) is 44.5 Å². The molecule has 9 aromatic rings. The molecule has 4 aliphatic rings. The van der Waals surface area contributed by atoms with Crippen molar-refractivity contribution in [3.05, 3.63) is 280 Å². The van der Waals surface area contributed by atoms with Crippen LogP contribution in [0.3, 0.4) is 0 Å². The maximum absolute atomic E-state index is 2.53. The lowest BCUT2D eigenvalue weighted by Gasteiger charge is -2.28. The minimum Gasteiger partial charge on any atom is -0.0622 e. The van der Waals surface area contributed by atoms with Gasteiger partial charge in [0.15, 0.2) is 0 Å². The molecule has 0 heteroatoms. The highest BCUT2D eigenvalue weighted by atomic mass is 14.5. The molecule has 0 N–H and O–H groups in total. The molecule has 0 bridgehead atoms. The maximum Gasteiger partial charge on any atom is 0.0165 e. The summed E-state index contributed by atoms with van der Waals surface area (Å²) in [6.07, 6.45) is 0. The Morgan fingerprint density at radius 3 is 0.985 bits per heavy atom. The summed E-state index contributed by atoms with van der Waals surface area (Å²) >= 11 is 0. The highest BCUT2D eigenvalue weighted by molar-refractivity contribution is 6.40. The van der Waals surface area contributed by atoms with E-state index in [4.69, 9.17) is 0 Å². The van der Waals surface area contributed by atoms with Crippen LogP contribution in [0.15, 0.2) is 224 Å². The molecule has 0 saturated carbocycles. The third kappa shape index (κ3) is 5.39. The molecular weight excluding hydrogens is 793 g/mol. The first-order valence-electron chi connectivity index (χ1n) is 23.4. The number of hydrogen-bond donors (Lipinski definition) is 0. The lowest BCUT2D eigenvalue weighted by atomic mass is 9.74. The lowest BCUT2D eigenvalue weighted by molar-refractivity contribution is 0.658. The fourth-order valence-electron chi connectivity index (χ4n) is 12.5. The lowest BCUT2D eigenvalue weighted by Crippen LogP contribution is -2.18. The van der Waals surface area contributed by atoms with Crippen LogP contribution in [0.4, 0.5) is 0 Å². The molecule has 0 aliphatic heterocycles. The molecule has 13 rings (SSSR count). The van der Waals surface area contributed by atoms with Crippen molar-refractivity contribution in [2.75, 3.05) is 0 Å². The number of allylic oxidation sites excluding steroid dienone is 5. The van der Waals surface area contributed by atoms with Crippen molar-refractivity contribution in [2.24, 2.45) is 0 Å². The van der Waals surface area contributed by atoms with Crippen LogP contribution in [0.2, 0.25) is 0 Å². The molecule has 4 aliphatic carbocycles. The van der Waals surface area contributed by atoms with E-state index in [9.17, 15) is 0 Å². The second-order valence-electron chi connectivity index (χ2n) is 19.5. The van der Waals surface area contributed by atoms with Crippen molar-refractivity contribution < 1.29 is 0 Å². The van der Waals surface area contributed by atoms with Gasteiger partial charge in [-0.3, -0.25) is 0 Å². The monoisotopic (exact) mass is 840 g/mol. The predicted octanol–water partition coefficient (Wildman–Crippen LogP) is 17.0. The summed E-state index contributed by atoms with van der Waals surface area (Å²) in [5, 5.41) is 0. The molecule has 0 nitrogen and oxygen atoms in total. The largest absolute Gasteiger partial charge is 0.0622 e. The van der Waals surface area contributed by atoms with Crippen molar-refractivity contribution in [1.29, 1.82) is 0 Å². The normalized spacial score (nSPS) is 15.6. The third-order valence-corrected chi connectivity index (χ3v) is 15.2. The molecule has 0 atom stereocenters. The fourth-order valence-corrected chi connectivity index (χ4v) is 12.5. The van der Waals surface area contributed by atoms with E-state index in [1.165, 1.54) is 134 Å². The topological polar surface area (TPSA) is 0 Å². The van der Waals surface area contributed by atoms with Crippen LogP contribution in [0.5, 0.6) is 0 Å². The number of hydrogen-bond acceptors (Lipinski definition) is 0. The van der Waals surface area contributed by atoms with Crippen LogP contribution in [-0.2, 0) is 10.8 Å². The summed E-state index contributed by atoms with van der Waals surface area (Å²) in [7, 11) is 0. The second kappa shape index (κ2) is 14.4. The SMILES string of the molecule is CC1(C)c2ccccc2-c2cccc(C3=C(c4cccc5c4C(C)(C)c4ccccc4-5)C(c4ccccc4)=C4C3=C(c3ccccc3)c3cc(-c5ccccc5)c(-c5ccccc5)cc34)c21. The summed E-state index contributed by atoms with van der Waals surface area (Å²) in [4.78, 5) is 0. The standard InChI is InChI=1S/C66H48/c1-65(2)55-37-19-17-31-45(55)47-33-21-35-49(63(47)65)59-58(44-29-15-8-16-30-44)61-54-40-52(42-25-11-6-12-26-42)51(41-23-9-5-10-24-41)39-53(54)57(43-27-13-7-14-28-43)62(61)60(59)50-36-22-34-48-46-32-18-20-38-56(46)66(3,4)64(48)50/h5-40H,1-4H3. The fraction of sp³-hybridized carbons (Fsp3) is 0.0909. The average molecular weight is 841 g/mol. The van der Waals surface area contributed by atoms with E-state index >= 15 is 0 Å². The van der Waals surface area contributed by atoms with Gasteiger partial charge in [0.1, 0.15) is 0 Å². The van der Waals surface area contributed by atoms with Gasteiger partial charge in [0.05, 0.1) is 0 Å². The van der Waals surface area contributed by atoms with Crippen molar-refractivity contribution in [2.45, 2.75) is 38.5 Å².